The van der Waals surface area contributed by atoms with Gasteiger partial charge in [-0.25, -0.2) is 4.98 Å². The molecule has 0 atom stereocenters. The van der Waals surface area contributed by atoms with E-state index in [-0.39, 0.29) is 11.0 Å². The molecule has 0 aromatic carbocycles. The lowest BCUT2D eigenvalue weighted by Crippen LogP contribution is -2.43. The molecule has 1 aliphatic heterocycles. The zero-order chi connectivity index (χ0) is 11.4. The second kappa shape index (κ2) is 3.10. The Bertz CT molecular complexity index is 389. The van der Waals surface area contributed by atoms with Gasteiger partial charge in [-0.3, -0.25) is 0 Å². The van der Waals surface area contributed by atoms with Gasteiger partial charge in [0.2, 0.25) is 0 Å². The molecule has 2 N–H and O–H groups in total. The van der Waals surface area contributed by atoms with Gasteiger partial charge in [-0.05, 0) is 25.7 Å². The van der Waals surface area contributed by atoms with E-state index in [1.807, 2.05) is 0 Å². The Balaban J connectivity index is 1.97. The summed E-state index contributed by atoms with van der Waals surface area (Å²) in [6.07, 6.45) is 8.22. The van der Waals surface area contributed by atoms with Crippen LogP contribution in [0.3, 0.4) is 0 Å². The summed E-state index contributed by atoms with van der Waals surface area (Å²) < 4.78 is 2.33. The second-order valence-electron chi connectivity index (χ2n) is 5.97. The number of aryl methyl sites for hydroxylation is 2. The number of hydrogen-bond acceptors (Lipinski definition) is 2. The lowest BCUT2D eigenvalue weighted by Gasteiger charge is -2.29. The minimum atomic E-state index is -0.00247. The fraction of sp³-hybridized carbons (Fsp3) is 0.769. The topological polar surface area (TPSA) is 43.8 Å². The summed E-state index contributed by atoms with van der Waals surface area (Å²) in [5.74, 6) is 1.26. The maximum absolute atomic E-state index is 6.36. The summed E-state index contributed by atoms with van der Waals surface area (Å²) in [7, 11) is 0. The first kappa shape index (κ1) is 10.3. The Kier molecular flexibility index (Phi) is 2.00. The number of nitrogens with zero attached hydrogens (tertiary/aromatic N) is 2. The maximum Gasteiger partial charge on any atom is 0.108 e. The Labute approximate surface area is 97.0 Å². The number of nitrogens with two attached hydrogens (primary N) is 1. The molecule has 3 heteroatoms. The van der Waals surface area contributed by atoms with Crippen molar-refractivity contribution in [2.24, 2.45) is 5.73 Å². The molecule has 3 rings (SSSR count). The van der Waals surface area contributed by atoms with Crippen molar-refractivity contribution in [1.29, 1.82) is 0 Å². The van der Waals surface area contributed by atoms with Crippen molar-refractivity contribution < 1.29 is 0 Å². The molecule has 1 aromatic heterocycles. The summed E-state index contributed by atoms with van der Waals surface area (Å²) in [4.78, 5) is 4.81. The largest absolute Gasteiger partial charge is 0.335 e. The summed E-state index contributed by atoms with van der Waals surface area (Å²) in [5, 5.41) is 0. The fourth-order valence-electron chi connectivity index (χ4n) is 2.73. The van der Waals surface area contributed by atoms with Crippen molar-refractivity contribution >= 4 is 0 Å². The van der Waals surface area contributed by atoms with Gasteiger partial charge in [0.1, 0.15) is 5.82 Å². The predicted molar refractivity (Wildman–Crippen MR) is 64.3 cm³/mol. The summed E-state index contributed by atoms with van der Waals surface area (Å²) >= 11 is 0. The van der Waals surface area contributed by atoms with E-state index in [1.54, 1.807) is 0 Å². The fourth-order valence-corrected chi connectivity index (χ4v) is 2.73. The van der Waals surface area contributed by atoms with Gasteiger partial charge < -0.3 is 10.3 Å². The monoisotopic (exact) mass is 219 g/mol. The van der Waals surface area contributed by atoms with Crippen molar-refractivity contribution in [1.82, 2.24) is 9.55 Å². The van der Waals surface area contributed by atoms with E-state index in [1.165, 1.54) is 24.4 Å². The van der Waals surface area contributed by atoms with Gasteiger partial charge in [-0.15, -0.1) is 0 Å². The summed E-state index contributed by atoms with van der Waals surface area (Å²) in [6.45, 7) is 5.62. The van der Waals surface area contributed by atoms with E-state index in [4.69, 9.17) is 10.7 Å². The highest BCUT2D eigenvalue weighted by Crippen LogP contribution is 2.48. The third-order valence-corrected chi connectivity index (χ3v) is 4.58. The molecule has 0 saturated heterocycles. The minimum Gasteiger partial charge on any atom is -0.335 e. The van der Waals surface area contributed by atoms with E-state index < -0.39 is 0 Å². The van der Waals surface area contributed by atoms with Crippen molar-refractivity contribution in [3.63, 3.8) is 0 Å². The molecule has 0 spiro atoms. The second-order valence-corrected chi connectivity index (χ2v) is 5.97. The molecule has 2 aliphatic rings. The van der Waals surface area contributed by atoms with E-state index in [0.717, 1.165) is 25.8 Å². The van der Waals surface area contributed by atoms with Crippen LogP contribution in [0, 0.1) is 0 Å². The van der Waals surface area contributed by atoms with Crippen LogP contribution < -0.4 is 5.73 Å². The van der Waals surface area contributed by atoms with Gasteiger partial charge in [0.15, 0.2) is 0 Å². The third-order valence-electron chi connectivity index (χ3n) is 4.58. The van der Waals surface area contributed by atoms with Crippen LogP contribution in [0.5, 0.6) is 0 Å². The van der Waals surface area contributed by atoms with Crippen LogP contribution in [-0.2, 0) is 18.4 Å². The van der Waals surface area contributed by atoms with Crippen LogP contribution in [0.1, 0.15) is 51.0 Å². The molecule has 0 unspecified atom stereocenters. The van der Waals surface area contributed by atoms with E-state index >= 15 is 0 Å². The molecule has 1 fully saturated rings. The highest BCUT2D eigenvalue weighted by molar-refractivity contribution is 5.27. The Morgan fingerprint density at radius 2 is 2.12 bits per heavy atom. The summed E-state index contributed by atoms with van der Waals surface area (Å²) in [5.41, 5.74) is 7.59. The van der Waals surface area contributed by atoms with Crippen LogP contribution >= 0.6 is 0 Å². The quantitative estimate of drug-likeness (QED) is 0.826. The van der Waals surface area contributed by atoms with Crippen LogP contribution in [0.25, 0.3) is 0 Å². The lowest BCUT2D eigenvalue weighted by molar-refractivity contribution is 0.381. The molecule has 1 aromatic rings. The predicted octanol–water partition coefficient (Wildman–Crippen LogP) is 1.99. The number of imidazole rings is 1. The molecule has 0 bridgehead atoms. The van der Waals surface area contributed by atoms with Crippen molar-refractivity contribution in [3.8, 4) is 0 Å². The number of rotatable bonds is 2. The Hall–Kier alpha value is -0.830. The molecular weight excluding hydrogens is 198 g/mol. The zero-order valence-corrected chi connectivity index (χ0v) is 10.3. The third kappa shape index (κ3) is 1.34. The van der Waals surface area contributed by atoms with Crippen molar-refractivity contribution in [2.75, 3.05) is 0 Å². The molecule has 2 heterocycles. The highest BCUT2D eigenvalue weighted by Gasteiger charge is 2.53. The van der Waals surface area contributed by atoms with Crippen LogP contribution in [-0.4, -0.2) is 15.1 Å². The minimum absolute atomic E-state index is 0.00247. The molecule has 0 radical (unpaired) electrons. The van der Waals surface area contributed by atoms with Gasteiger partial charge in [0, 0.05) is 30.1 Å². The smallest absolute Gasteiger partial charge is 0.108 e. The molecule has 88 valence electrons. The molecule has 1 saturated carbocycles. The SMILES string of the molecule is CC(C)(c1cn2c(n1)CCCC2)C1(N)CC1. The van der Waals surface area contributed by atoms with Crippen LogP contribution in [0.15, 0.2) is 6.20 Å². The zero-order valence-electron chi connectivity index (χ0n) is 10.3. The normalized spacial score (nSPS) is 22.9. The van der Waals surface area contributed by atoms with Gasteiger partial charge in [0.25, 0.3) is 0 Å². The summed E-state index contributed by atoms with van der Waals surface area (Å²) in [6, 6.07) is 0. The van der Waals surface area contributed by atoms with Gasteiger partial charge in [-0.2, -0.15) is 0 Å². The average Bonchev–Trinajstić information content (AvgIpc) is 2.87. The van der Waals surface area contributed by atoms with Crippen LogP contribution in [0.2, 0.25) is 0 Å². The molecular formula is C13H21N3. The number of fused-ring (bicyclic) bond motifs is 1. The standard InChI is InChI=1S/C13H21N3/c1-12(2,13(14)6-7-13)10-9-16-8-4-3-5-11(16)15-10/h9H,3-8,14H2,1-2H3. The first-order valence-electron chi connectivity index (χ1n) is 6.38. The van der Waals surface area contributed by atoms with Crippen molar-refractivity contribution in [2.45, 2.75) is 63.5 Å². The highest BCUT2D eigenvalue weighted by atomic mass is 15.1. The van der Waals surface area contributed by atoms with Gasteiger partial charge >= 0.3 is 0 Å². The molecule has 3 nitrogen and oxygen atoms in total. The van der Waals surface area contributed by atoms with E-state index in [2.05, 4.69) is 24.6 Å². The Morgan fingerprint density at radius 1 is 1.38 bits per heavy atom. The first-order valence-corrected chi connectivity index (χ1v) is 6.38. The first-order chi connectivity index (χ1) is 7.53. The number of hydrogen-bond donors (Lipinski definition) is 1. The van der Waals surface area contributed by atoms with E-state index in [0.29, 0.717) is 0 Å². The lowest BCUT2D eigenvalue weighted by atomic mass is 9.79. The van der Waals surface area contributed by atoms with E-state index in [9.17, 15) is 0 Å². The van der Waals surface area contributed by atoms with Gasteiger partial charge in [0.05, 0.1) is 5.69 Å². The van der Waals surface area contributed by atoms with Gasteiger partial charge in [-0.1, -0.05) is 13.8 Å². The number of aromatic nitrogens is 2. The van der Waals surface area contributed by atoms with Crippen LogP contribution in [0.4, 0.5) is 0 Å². The molecule has 0 amide bonds. The molecule has 1 aliphatic carbocycles. The van der Waals surface area contributed by atoms with Crippen molar-refractivity contribution in [3.05, 3.63) is 17.7 Å². The Morgan fingerprint density at radius 3 is 2.75 bits per heavy atom. The maximum atomic E-state index is 6.36. The average molecular weight is 219 g/mol. The molecule has 16 heavy (non-hydrogen) atoms.